The van der Waals surface area contributed by atoms with E-state index in [1.807, 2.05) is 25.1 Å². The van der Waals surface area contributed by atoms with Crippen molar-refractivity contribution in [2.45, 2.75) is 6.92 Å². The molecule has 0 fully saturated rings. The van der Waals surface area contributed by atoms with Gasteiger partial charge >= 0.3 is 5.97 Å². The third kappa shape index (κ3) is 2.88. The van der Waals surface area contributed by atoms with E-state index in [9.17, 15) is 4.79 Å². The molecule has 4 N–H and O–H groups in total. The number of nitrogens with two attached hydrogens (primary N) is 1. The topological polar surface area (TPSA) is 75.3 Å². The fourth-order valence-corrected chi connectivity index (χ4v) is 2.09. The molecule has 2 aromatic carbocycles. The van der Waals surface area contributed by atoms with Crippen LogP contribution in [-0.4, -0.2) is 11.1 Å². The van der Waals surface area contributed by atoms with E-state index in [0.717, 1.165) is 15.7 Å². The summed E-state index contributed by atoms with van der Waals surface area (Å²) in [6, 6.07) is 10.7. The standard InChI is InChI=1S/C14H13BrN2O2/c1-8-5-6-10(15)12(7-8)17-11-4-2-3-9(13(11)16)14(18)19/h2-7,17H,16H2,1H3,(H,18,19). The number of hydrogen-bond donors (Lipinski definition) is 3. The molecule has 19 heavy (non-hydrogen) atoms. The summed E-state index contributed by atoms with van der Waals surface area (Å²) in [5.74, 6) is -1.04. The summed E-state index contributed by atoms with van der Waals surface area (Å²) in [5.41, 5.74) is 8.69. The number of aromatic carboxylic acids is 1. The van der Waals surface area contributed by atoms with E-state index in [1.165, 1.54) is 6.07 Å². The van der Waals surface area contributed by atoms with Crippen LogP contribution in [0.1, 0.15) is 15.9 Å². The number of carboxylic acids is 1. The van der Waals surface area contributed by atoms with Crippen molar-refractivity contribution in [2.24, 2.45) is 0 Å². The van der Waals surface area contributed by atoms with Crippen molar-refractivity contribution in [3.8, 4) is 0 Å². The molecular weight excluding hydrogens is 308 g/mol. The zero-order valence-electron chi connectivity index (χ0n) is 10.3. The lowest BCUT2D eigenvalue weighted by Crippen LogP contribution is -2.05. The first-order valence-corrected chi connectivity index (χ1v) is 6.43. The molecule has 0 unspecified atom stereocenters. The largest absolute Gasteiger partial charge is 0.478 e. The van der Waals surface area contributed by atoms with Crippen LogP contribution in [0, 0.1) is 6.92 Å². The molecule has 0 bridgehead atoms. The van der Waals surface area contributed by atoms with Crippen molar-refractivity contribution < 1.29 is 9.90 Å². The molecule has 0 spiro atoms. The van der Waals surface area contributed by atoms with Crippen LogP contribution in [0.4, 0.5) is 17.1 Å². The zero-order valence-corrected chi connectivity index (χ0v) is 11.9. The molecule has 0 amide bonds. The molecule has 0 radical (unpaired) electrons. The van der Waals surface area contributed by atoms with Gasteiger partial charge in [0.05, 0.1) is 22.6 Å². The van der Waals surface area contributed by atoms with Gasteiger partial charge in [-0.1, -0.05) is 12.1 Å². The predicted molar refractivity (Wildman–Crippen MR) is 80.0 cm³/mol. The van der Waals surface area contributed by atoms with E-state index in [0.29, 0.717) is 5.69 Å². The zero-order chi connectivity index (χ0) is 14.0. The second kappa shape index (κ2) is 5.32. The second-order valence-corrected chi connectivity index (χ2v) is 5.03. The van der Waals surface area contributed by atoms with Crippen LogP contribution in [0.2, 0.25) is 0 Å². The number of anilines is 3. The van der Waals surface area contributed by atoms with Crippen LogP contribution in [0.15, 0.2) is 40.9 Å². The van der Waals surface area contributed by atoms with Gasteiger partial charge in [-0.3, -0.25) is 0 Å². The summed E-state index contributed by atoms with van der Waals surface area (Å²) < 4.78 is 0.887. The molecule has 0 saturated carbocycles. The highest BCUT2D eigenvalue weighted by atomic mass is 79.9. The maximum Gasteiger partial charge on any atom is 0.337 e. The number of nitrogen functional groups attached to an aromatic ring is 1. The molecule has 0 heterocycles. The Morgan fingerprint density at radius 3 is 2.68 bits per heavy atom. The first-order valence-electron chi connectivity index (χ1n) is 5.64. The van der Waals surface area contributed by atoms with Crippen molar-refractivity contribution in [3.05, 3.63) is 52.0 Å². The molecule has 0 aliphatic rings. The Balaban J connectivity index is 2.41. The number of rotatable bonds is 3. The minimum absolute atomic E-state index is 0.0915. The Morgan fingerprint density at radius 1 is 1.26 bits per heavy atom. The van der Waals surface area contributed by atoms with Crippen molar-refractivity contribution >= 4 is 39.0 Å². The van der Waals surface area contributed by atoms with Gasteiger partial charge < -0.3 is 16.2 Å². The second-order valence-electron chi connectivity index (χ2n) is 4.18. The van der Waals surface area contributed by atoms with Crippen molar-refractivity contribution in [3.63, 3.8) is 0 Å². The van der Waals surface area contributed by atoms with Gasteiger partial charge in [0.15, 0.2) is 0 Å². The van der Waals surface area contributed by atoms with Crippen molar-refractivity contribution in [1.82, 2.24) is 0 Å². The van der Waals surface area contributed by atoms with E-state index in [-0.39, 0.29) is 11.3 Å². The number of para-hydroxylation sites is 1. The van der Waals surface area contributed by atoms with E-state index in [1.54, 1.807) is 12.1 Å². The average Bonchev–Trinajstić information content (AvgIpc) is 2.36. The first kappa shape index (κ1) is 13.4. The minimum Gasteiger partial charge on any atom is -0.478 e. The molecule has 2 aromatic rings. The fourth-order valence-electron chi connectivity index (χ4n) is 1.74. The molecule has 0 aliphatic carbocycles. The van der Waals surface area contributed by atoms with Gasteiger partial charge in [0.25, 0.3) is 0 Å². The van der Waals surface area contributed by atoms with E-state index < -0.39 is 5.97 Å². The van der Waals surface area contributed by atoms with Gasteiger partial charge in [-0.25, -0.2) is 4.79 Å². The van der Waals surface area contributed by atoms with E-state index in [4.69, 9.17) is 10.8 Å². The number of carbonyl (C=O) groups is 1. The van der Waals surface area contributed by atoms with E-state index in [2.05, 4.69) is 21.2 Å². The summed E-state index contributed by atoms with van der Waals surface area (Å²) in [6.45, 7) is 1.98. The molecule has 0 atom stereocenters. The van der Waals surface area contributed by atoms with Crippen LogP contribution >= 0.6 is 15.9 Å². The number of hydrogen-bond acceptors (Lipinski definition) is 3. The average molecular weight is 321 g/mol. The van der Waals surface area contributed by atoms with Crippen LogP contribution in [-0.2, 0) is 0 Å². The number of nitrogens with one attached hydrogen (secondary N) is 1. The monoisotopic (exact) mass is 320 g/mol. The molecule has 2 rings (SSSR count). The van der Waals surface area contributed by atoms with Crippen LogP contribution in [0.5, 0.6) is 0 Å². The first-order chi connectivity index (χ1) is 8.99. The Bertz CT molecular complexity index is 641. The lowest BCUT2D eigenvalue weighted by Gasteiger charge is -2.13. The number of halogens is 1. The van der Waals surface area contributed by atoms with E-state index >= 15 is 0 Å². The molecule has 0 aromatic heterocycles. The quantitative estimate of drug-likeness (QED) is 0.752. The smallest absolute Gasteiger partial charge is 0.337 e. The fraction of sp³-hybridized carbons (Fsp3) is 0.0714. The maximum absolute atomic E-state index is 11.0. The summed E-state index contributed by atoms with van der Waals surface area (Å²) in [5, 5.41) is 12.2. The Labute approximate surface area is 119 Å². The highest BCUT2D eigenvalue weighted by molar-refractivity contribution is 9.10. The summed E-state index contributed by atoms with van der Waals surface area (Å²) in [4.78, 5) is 11.0. The predicted octanol–water partition coefficient (Wildman–Crippen LogP) is 3.78. The number of carboxylic acid groups (broad SMARTS) is 1. The molecule has 4 nitrogen and oxygen atoms in total. The molecule has 0 aliphatic heterocycles. The van der Waals surface area contributed by atoms with Crippen LogP contribution < -0.4 is 11.1 Å². The van der Waals surface area contributed by atoms with Crippen molar-refractivity contribution in [1.29, 1.82) is 0 Å². The number of aryl methyl sites for hydroxylation is 1. The maximum atomic E-state index is 11.0. The lowest BCUT2D eigenvalue weighted by atomic mass is 10.1. The highest BCUT2D eigenvalue weighted by Gasteiger charge is 2.11. The third-order valence-corrected chi connectivity index (χ3v) is 3.42. The van der Waals surface area contributed by atoms with Crippen LogP contribution in [0.25, 0.3) is 0 Å². The number of benzene rings is 2. The van der Waals surface area contributed by atoms with Gasteiger partial charge in [-0.15, -0.1) is 0 Å². The normalized spacial score (nSPS) is 10.2. The summed E-state index contributed by atoms with van der Waals surface area (Å²) >= 11 is 3.44. The summed E-state index contributed by atoms with van der Waals surface area (Å²) in [6.07, 6.45) is 0. The summed E-state index contributed by atoms with van der Waals surface area (Å²) in [7, 11) is 0. The Kier molecular flexibility index (Phi) is 3.76. The third-order valence-electron chi connectivity index (χ3n) is 2.73. The highest BCUT2D eigenvalue weighted by Crippen LogP contribution is 2.31. The molecular formula is C14H13BrN2O2. The SMILES string of the molecule is Cc1ccc(Br)c(Nc2cccc(C(=O)O)c2N)c1. The Morgan fingerprint density at radius 2 is 2.00 bits per heavy atom. The van der Waals surface area contributed by atoms with Gasteiger partial charge in [0, 0.05) is 4.47 Å². The molecule has 5 heteroatoms. The molecule has 98 valence electrons. The molecule has 0 saturated heterocycles. The van der Waals surface area contributed by atoms with Gasteiger partial charge in [0.1, 0.15) is 0 Å². The lowest BCUT2D eigenvalue weighted by molar-refractivity contribution is 0.0698. The van der Waals surface area contributed by atoms with Gasteiger partial charge in [-0.05, 0) is 52.7 Å². The minimum atomic E-state index is -1.04. The Hall–Kier alpha value is -2.01. The van der Waals surface area contributed by atoms with Crippen LogP contribution in [0.3, 0.4) is 0 Å². The van der Waals surface area contributed by atoms with Crippen molar-refractivity contribution in [2.75, 3.05) is 11.1 Å². The van der Waals surface area contributed by atoms with Gasteiger partial charge in [0.2, 0.25) is 0 Å². The van der Waals surface area contributed by atoms with Gasteiger partial charge in [-0.2, -0.15) is 0 Å².